The normalized spacial score (nSPS) is 14.3. The molecule has 0 aliphatic rings. The number of aliphatic hydroxyl groups is 1. The maximum absolute atomic E-state index is 13.1. The highest BCUT2D eigenvalue weighted by atomic mass is 31.2. The molecule has 3 unspecified atom stereocenters. The van der Waals surface area contributed by atoms with E-state index >= 15 is 0 Å². The molecule has 0 aliphatic heterocycles. The minimum atomic E-state index is -4.96. The van der Waals surface area contributed by atoms with Crippen LogP contribution in [0.2, 0.25) is 0 Å². The van der Waals surface area contributed by atoms with Gasteiger partial charge in [0.05, 0.1) is 26.4 Å². The van der Waals surface area contributed by atoms with Crippen LogP contribution in [-0.4, -0.2) is 96.7 Å². The van der Waals surface area contributed by atoms with Crippen LogP contribution in [0, 0.1) is 23.7 Å². The van der Waals surface area contributed by atoms with E-state index in [1.807, 2.05) is 0 Å². The minimum Gasteiger partial charge on any atom is -0.462 e. The number of hydrogen-bond donors (Lipinski definition) is 3. The fourth-order valence-corrected chi connectivity index (χ4v) is 13.8. The number of carbonyl (C=O) groups excluding carboxylic acids is 4. The van der Waals surface area contributed by atoms with Crippen molar-refractivity contribution in [2.75, 3.05) is 39.6 Å². The zero-order chi connectivity index (χ0) is 73.1. The van der Waals surface area contributed by atoms with E-state index in [4.69, 9.17) is 37.0 Å². The van der Waals surface area contributed by atoms with Crippen molar-refractivity contribution in [2.24, 2.45) is 23.7 Å². The van der Waals surface area contributed by atoms with E-state index in [2.05, 4.69) is 55.4 Å². The Kier molecular flexibility index (Phi) is 67.8. The van der Waals surface area contributed by atoms with Crippen molar-refractivity contribution in [3.8, 4) is 0 Å². The first kappa shape index (κ1) is 97.1. The lowest BCUT2D eigenvalue weighted by Gasteiger charge is -2.21. The Hall–Kier alpha value is -1.94. The Morgan fingerprint density at radius 3 is 0.717 bits per heavy atom. The molecule has 17 nitrogen and oxygen atoms in total. The Balaban J connectivity index is 5.21. The molecule has 99 heavy (non-hydrogen) atoms. The topological polar surface area (TPSA) is 237 Å². The van der Waals surface area contributed by atoms with Gasteiger partial charge in [-0.15, -0.1) is 0 Å². The Labute approximate surface area is 607 Å². The minimum absolute atomic E-state index is 0.104. The summed E-state index contributed by atoms with van der Waals surface area (Å²) in [5.41, 5.74) is 0. The first-order valence-corrected chi connectivity index (χ1v) is 44.2. The summed E-state index contributed by atoms with van der Waals surface area (Å²) in [6.45, 7) is 14.2. The highest BCUT2D eigenvalue weighted by Crippen LogP contribution is 2.45. The lowest BCUT2D eigenvalue weighted by molar-refractivity contribution is -0.161. The van der Waals surface area contributed by atoms with E-state index in [-0.39, 0.29) is 25.7 Å². The van der Waals surface area contributed by atoms with Crippen molar-refractivity contribution in [1.29, 1.82) is 0 Å². The molecular weight excluding hydrogens is 1290 g/mol. The number of phosphoric ester groups is 2. The summed E-state index contributed by atoms with van der Waals surface area (Å²) in [6, 6.07) is 0. The predicted molar refractivity (Wildman–Crippen MR) is 404 cm³/mol. The molecule has 0 aliphatic carbocycles. The molecule has 0 saturated carbocycles. The number of unbranched alkanes of at least 4 members (excludes halogenated alkanes) is 42. The highest BCUT2D eigenvalue weighted by Gasteiger charge is 2.30. The molecule has 0 rings (SSSR count). The number of esters is 4. The summed E-state index contributed by atoms with van der Waals surface area (Å²) in [7, 11) is -9.92. The first-order chi connectivity index (χ1) is 47.6. The number of ether oxygens (including phenoxy) is 4. The molecule has 0 heterocycles. The molecule has 0 fully saturated rings. The second kappa shape index (κ2) is 69.1. The average molecular weight is 1450 g/mol. The van der Waals surface area contributed by atoms with Gasteiger partial charge in [0.15, 0.2) is 12.2 Å². The second-order valence-corrected chi connectivity index (χ2v) is 33.4. The SMILES string of the molecule is CCC(C)CCCCCCCCC(=O)OC[C@H](COP(=O)(O)OC[C@H](O)COP(=O)(O)OC[C@@H](COC(=O)CCCCCCCCCCCCCCCCCCCCC(C)C)OC(=O)CCCCCCCCCCCCCCCC(C)C)OC(=O)CCCCCCCCCCCC(C)C. The third-order valence-electron chi connectivity index (χ3n) is 18.9. The molecule has 0 aromatic rings. The van der Waals surface area contributed by atoms with Gasteiger partial charge in [0.25, 0.3) is 0 Å². The van der Waals surface area contributed by atoms with Crippen LogP contribution in [0.4, 0.5) is 0 Å². The van der Waals surface area contributed by atoms with Crippen molar-refractivity contribution in [2.45, 2.75) is 427 Å². The molecule has 0 radical (unpaired) electrons. The monoisotopic (exact) mass is 1450 g/mol. The number of carbonyl (C=O) groups is 4. The predicted octanol–water partition coefficient (Wildman–Crippen LogP) is 23.6. The van der Waals surface area contributed by atoms with E-state index in [0.29, 0.717) is 25.7 Å². The summed E-state index contributed by atoms with van der Waals surface area (Å²) in [5.74, 6) is 0.959. The Morgan fingerprint density at radius 2 is 0.485 bits per heavy atom. The molecule has 0 aromatic heterocycles. The largest absolute Gasteiger partial charge is 0.472 e. The van der Waals surface area contributed by atoms with Gasteiger partial charge in [0.2, 0.25) is 0 Å². The smallest absolute Gasteiger partial charge is 0.462 e. The number of hydrogen-bond acceptors (Lipinski definition) is 15. The quantitative estimate of drug-likeness (QED) is 0.0222. The van der Waals surface area contributed by atoms with Gasteiger partial charge in [-0.25, -0.2) is 9.13 Å². The van der Waals surface area contributed by atoms with Crippen molar-refractivity contribution < 1.29 is 80.2 Å². The summed E-state index contributed by atoms with van der Waals surface area (Å²) < 4.78 is 68.6. The third-order valence-corrected chi connectivity index (χ3v) is 20.8. The van der Waals surface area contributed by atoms with Crippen LogP contribution in [0.15, 0.2) is 0 Å². The van der Waals surface area contributed by atoms with E-state index < -0.39 is 97.5 Å². The zero-order valence-electron chi connectivity index (χ0n) is 65.1. The molecule has 0 amide bonds. The van der Waals surface area contributed by atoms with E-state index in [1.165, 1.54) is 205 Å². The van der Waals surface area contributed by atoms with Gasteiger partial charge in [0.1, 0.15) is 19.3 Å². The first-order valence-electron chi connectivity index (χ1n) is 41.2. The molecule has 3 N–H and O–H groups in total. The molecular formula is C80H156O17P2. The lowest BCUT2D eigenvalue weighted by Crippen LogP contribution is -2.30. The molecule has 19 heteroatoms. The molecule has 0 spiro atoms. The van der Waals surface area contributed by atoms with Gasteiger partial charge >= 0.3 is 39.5 Å². The van der Waals surface area contributed by atoms with Gasteiger partial charge in [-0.2, -0.15) is 0 Å². The zero-order valence-corrected chi connectivity index (χ0v) is 66.9. The van der Waals surface area contributed by atoms with Crippen molar-refractivity contribution >= 4 is 39.5 Å². The van der Waals surface area contributed by atoms with Crippen LogP contribution >= 0.6 is 15.6 Å². The fraction of sp³-hybridized carbons (Fsp3) is 0.950. The van der Waals surface area contributed by atoms with E-state index in [1.54, 1.807) is 0 Å². The summed E-state index contributed by atoms with van der Waals surface area (Å²) >= 11 is 0. The Bertz CT molecular complexity index is 1940. The maximum atomic E-state index is 13.1. The Morgan fingerprint density at radius 1 is 0.283 bits per heavy atom. The summed E-state index contributed by atoms with van der Waals surface area (Å²) in [6.07, 6.45) is 55.7. The van der Waals surface area contributed by atoms with Crippen molar-refractivity contribution in [3.63, 3.8) is 0 Å². The molecule has 0 bridgehead atoms. The standard InChI is InChI=1S/C80H156O17P2/c1-9-73(8)59-51-43-38-39-45-53-61-78(83)91-67-76(97-80(85)63-55-47-37-31-25-28-34-42-50-58-72(6)7)69-95-99(88,89)93-65-74(81)64-92-98(86,87)94-68-75(96-79(84)62-54-46-36-30-24-20-16-18-22-27-33-41-49-57-71(4)5)66-90-77(82)60-52-44-35-29-23-19-15-13-11-10-12-14-17-21-26-32-40-48-56-70(2)3/h70-76,81H,9-69H2,1-8H3,(H,86,87)(H,88,89)/t73?,74-,75-,76-/m1/s1. The van der Waals surface area contributed by atoms with Gasteiger partial charge < -0.3 is 33.8 Å². The average Bonchev–Trinajstić information content (AvgIpc) is 1.05. The molecule has 588 valence electrons. The highest BCUT2D eigenvalue weighted by molar-refractivity contribution is 7.47. The number of rotatable bonds is 77. The van der Waals surface area contributed by atoms with E-state index in [9.17, 15) is 43.2 Å². The van der Waals surface area contributed by atoms with Crippen molar-refractivity contribution in [3.05, 3.63) is 0 Å². The number of phosphoric acid groups is 2. The van der Waals surface area contributed by atoms with Gasteiger partial charge in [0, 0.05) is 25.7 Å². The van der Waals surface area contributed by atoms with Gasteiger partial charge in [-0.05, 0) is 49.4 Å². The molecule has 0 aromatic carbocycles. The third kappa shape index (κ3) is 72.8. The lowest BCUT2D eigenvalue weighted by atomic mass is 10.00. The second-order valence-electron chi connectivity index (χ2n) is 30.5. The van der Waals surface area contributed by atoms with Gasteiger partial charge in [-0.1, -0.05) is 357 Å². The number of aliphatic hydroxyl groups excluding tert-OH is 1. The molecule has 6 atom stereocenters. The fourth-order valence-electron chi connectivity index (χ4n) is 12.2. The maximum Gasteiger partial charge on any atom is 0.472 e. The molecule has 0 saturated heterocycles. The van der Waals surface area contributed by atoms with Crippen LogP contribution in [0.25, 0.3) is 0 Å². The summed E-state index contributed by atoms with van der Waals surface area (Å²) in [4.78, 5) is 72.9. The van der Waals surface area contributed by atoms with Crippen LogP contribution in [-0.2, 0) is 65.4 Å². The van der Waals surface area contributed by atoms with Crippen LogP contribution in [0.3, 0.4) is 0 Å². The van der Waals surface area contributed by atoms with Crippen LogP contribution in [0.5, 0.6) is 0 Å². The van der Waals surface area contributed by atoms with Crippen LogP contribution < -0.4 is 0 Å². The van der Waals surface area contributed by atoms with Crippen LogP contribution in [0.1, 0.15) is 409 Å². The van der Waals surface area contributed by atoms with Crippen molar-refractivity contribution in [1.82, 2.24) is 0 Å². The summed E-state index contributed by atoms with van der Waals surface area (Å²) in [5, 5.41) is 10.6. The van der Waals surface area contributed by atoms with Gasteiger partial charge in [-0.3, -0.25) is 37.3 Å². The van der Waals surface area contributed by atoms with E-state index in [0.717, 1.165) is 120 Å².